The van der Waals surface area contributed by atoms with E-state index in [-0.39, 0.29) is 24.4 Å². The molecular formula is C21H31ClN2O3S. The summed E-state index contributed by atoms with van der Waals surface area (Å²) >= 11 is 0. The molecule has 5 nitrogen and oxygen atoms in total. The number of piperidine rings is 1. The van der Waals surface area contributed by atoms with Crippen molar-refractivity contribution in [3.05, 3.63) is 29.3 Å². The van der Waals surface area contributed by atoms with Crippen LogP contribution in [0, 0.1) is 13.8 Å². The second kappa shape index (κ2) is 7.96. The van der Waals surface area contributed by atoms with Gasteiger partial charge in [-0.05, 0) is 69.6 Å². The SMILES string of the molecule is Cc1ccc(C)c(S(=O)(=O)C2(C(=O)NC3CC4CCC(C3)N4)CCCC2)c1.Cl. The Balaban J connectivity index is 0.00000225. The average molecular weight is 427 g/mol. The van der Waals surface area contributed by atoms with Crippen LogP contribution in [0.4, 0.5) is 0 Å². The van der Waals surface area contributed by atoms with Gasteiger partial charge in [0.1, 0.15) is 0 Å². The molecule has 2 bridgehead atoms. The number of aryl methyl sites for hydroxylation is 2. The van der Waals surface area contributed by atoms with E-state index in [1.54, 1.807) is 6.07 Å². The van der Waals surface area contributed by atoms with Crippen LogP contribution in [-0.4, -0.2) is 37.2 Å². The van der Waals surface area contributed by atoms with Gasteiger partial charge in [-0.3, -0.25) is 4.79 Å². The number of amides is 1. The minimum absolute atomic E-state index is 0. The Bertz CT molecular complexity index is 837. The topological polar surface area (TPSA) is 75.3 Å². The fraction of sp³-hybridized carbons (Fsp3) is 0.667. The van der Waals surface area contributed by atoms with Crippen LogP contribution >= 0.6 is 12.4 Å². The molecule has 3 fully saturated rings. The molecule has 7 heteroatoms. The lowest BCUT2D eigenvalue weighted by Gasteiger charge is -2.34. The number of rotatable bonds is 4. The van der Waals surface area contributed by atoms with Gasteiger partial charge in [0.2, 0.25) is 5.91 Å². The van der Waals surface area contributed by atoms with E-state index in [0.29, 0.717) is 29.8 Å². The third-order valence-electron chi connectivity index (χ3n) is 6.78. The predicted molar refractivity (Wildman–Crippen MR) is 113 cm³/mol. The zero-order valence-corrected chi connectivity index (χ0v) is 18.3. The standard InChI is InChI=1S/C21H30N2O3S.ClH/c1-14-5-6-15(2)19(11-14)27(25,26)21(9-3-4-10-21)20(24)23-18-12-16-7-8-17(13-18)22-16;/h5-6,11,16-18,22H,3-4,7-10,12-13H2,1-2H3,(H,23,24);1H. The number of carbonyl (C=O) groups excluding carboxylic acids is 1. The molecule has 1 aliphatic carbocycles. The summed E-state index contributed by atoms with van der Waals surface area (Å²) in [5.41, 5.74) is 1.63. The molecule has 0 radical (unpaired) electrons. The number of sulfone groups is 1. The number of hydrogen-bond donors (Lipinski definition) is 2. The quantitative estimate of drug-likeness (QED) is 0.775. The summed E-state index contributed by atoms with van der Waals surface area (Å²) < 4.78 is 26.1. The van der Waals surface area contributed by atoms with Crippen molar-refractivity contribution in [3.63, 3.8) is 0 Å². The monoisotopic (exact) mass is 426 g/mol. The van der Waals surface area contributed by atoms with Crippen LogP contribution in [0.25, 0.3) is 0 Å². The van der Waals surface area contributed by atoms with Gasteiger partial charge >= 0.3 is 0 Å². The van der Waals surface area contributed by atoms with E-state index in [1.165, 1.54) is 0 Å². The summed E-state index contributed by atoms with van der Waals surface area (Å²) in [4.78, 5) is 13.7. The molecule has 2 atom stereocenters. The van der Waals surface area contributed by atoms with Crippen LogP contribution in [0.5, 0.6) is 0 Å². The summed E-state index contributed by atoms with van der Waals surface area (Å²) in [7, 11) is -3.74. The molecule has 2 N–H and O–H groups in total. The highest BCUT2D eigenvalue weighted by Gasteiger charge is 2.54. The highest BCUT2D eigenvalue weighted by molar-refractivity contribution is 7.93. The lowest BCUT2D eigenvalue weighted by atomic mass is 9.98. The summed E-state index contributed by atoms with van der Waals surface area (Å²) in [5, 5.41) is 6.73. The Labute approximate surface area is 174 Å². The van der Waals surface area contributed by atoms with Crippen molar-refractivity contribution in [3.8, 4) is 0 Å². The van der Waals surface area contributed by atoms with Crippen LogP contribution in [0.3, 0.4) is 0 Å². The molecule has 2 heterocycles. The van der Waals surface area contributed by atoms with Crippen LogP contribution in [0.15, 0.2) is 23.1 Å². The molecule has 0 aromatic heterocycles. The smallest absolute Gasteiger partial charge is 0.242 e. The van der Waals surface area contributed by atoms with Gasteiger partial charge < -0.3 is 10.6 Å². The highest BCUT2D eigenvalue weighted by Crippen LogP contribution is 2.42. The maximum absolute atomic E-state index is 13.7. The van der Waals surface area contributed by atoms with Crippen molar-refractivity contribution < 1.29 is 13.2 Å². The molecule has 2 aliphatic heterocycles. The molecule has 2 unspecified atom stereocenters. The highest BCUT2D eigenvalue weighted by atomic mass is 35.5. The van der Waals surface area contributed by atoms with Gasteiger partial charge in [0.25, 0.3) is 0 Å². The lowest BCUT2D eigenvalue weighted by Crippen LogP contribution is -2.56. The van der Waals surface area contributed by atoms with E-state index in [1.807, 2.05) is 26.0 Å². The molecule has 28 heavy (non-hydrogen) atoms. The van der Waals surface area contributed by atoms with E-state index in [0.717, 1.165) is 49.7 Å². The summed E-state index contributed by atoms with van der Waals surface area (Å²) in [5.74, 6) is -0.271. The van der Waals surface area contributed by atoms with Crippen LogP contribution in [0.1, 0.15) is 62.5 Å². The third kappa shape index (κ3) is 3.59. The average Bonchev–Trinajstić information content (AvgIpc) is 3.25. The zero-order valence-electron chi connectivity index (χ0n) is 16.7. The van der Waals surface area contributed by atoms with E-state index < -0.39 is 14.6 Å². The Morgan fingerprint density at radius 3 is 2.32 bits per heavy atom. The first kappa shape index (κ1) is 21.6. The van der Waals surface area contributed by atoms with Crippen LogP contribution in [0.2, 0.25) is 0 Å². The number of benzene rings is 1. The zero-order chi connectivity index (χ0) is 19.2. The molecule has 4 rings (SSSR count). The van der Waals surface area contributed by atoms with Gasteiger partial charge in [0.15, 0.2) is 14.6 Å². The van der Waals surface area contributed by atoms with E-state index >= 15 is 0 Å². The summed E-state index contributed by atoms with van der Waals surface area (Å²) in [6, 6.07) is 6.49. The molecule has 156 valence electrons. The summed E-state index contributed by atoms with van der Waals surface area (Å²) in [6.07, 6.45) is 6.54. The first-order chi connectivity index (χ1) is 12.8. The van der Waals surface area contributed by atoms with Gasteiger partial charge in [-0.15, -0.1) is 12.4 Å². The fourth-order valence-electron chi connectivity index (χ4n) is 5.26. The Morgan fingerprint density at radius 1 is 1.11 bits per heavy atom. The van der Waals surface area contributed by atoms with Crippen molar-refractivity contribution in [2.24, 2.45) is 0 Å². The Kier molecular flexibility index (Phi) is 6.14. The van der Waals surface area contributed by atoms with Gasteiger partial charge in [-0.25, -0.2) is 8.42 Å². The number of carbonyl (C=O) groups is 1. The van der Waals surface area contributed by atoms with Gasteiger partial charge in [-0.1, -0.05) is 25.0 Å². The maximum atomic E-state index is 13.7. The Hall–Kier alpha value is -1.11. The maximum Gasteiger partial charge on any atom is 0.242 e. The second-order valence-corrected chi connectivity index (χ2v) is 11.0. The number of fused-ring (bicyclic) bond motifs is 2. The van der Waals surface area contributed by atoms with Crippen LogP contribution < -0.4 is 10.6 Å². The number of halogens is 1. The first-order valence-corrected chi connectivity index (χ1v) is 11.7. The van der Waals surface area contributed by atoms with E-state index in [2.05, 4.69) is 10.6 Å². The van der Waals surface area contributed by atoms with Crippen molar-refractivity contribution >= 4 is 28.2 Å². The van der Waals surface area contributed by atoms with Crippen molar-refractivity contribution in [2.75, 3.05) is 0 Å². The Morgan fingerprint density at radius 2 is 1.71 bits per heavy atom. The van der Waals surface area contributed by atoms with Crippen molar-refractivity contribution in [1.82, 2.24) is 10.6 Å². The molecule has 1 aromatic rings. The molecule has 3 aliphatic rings. The predicted octanol–water partition coefficient (Wildman–Crippen LogP) is 3.21. The van der Waals surface area contributed by atoms with Gasteiger partial charge in [-0.2, -0.15) is 0 Å². The molecule has 1 aromatic carbocycles. The number of nitrogens with one attached hydrogen (secondary N) is 2. The van der Waals surface area contributed by atoms with Crippen molar-refractivity contribution in [2.45, 2.75) is 93.0 Å². The summed E-state index contributed by atoms with van der Waals surface area (Å²) in [6.45, 7) is 3.71. The fourth-order valence-corrected chi connectivity index (χ4v) is 7.65. The molecule has 1 saturated carbocycles. The lowest BCUT2D eigenvalue weighted by molar-refractivity contribution is -0.124. The minimum Gasteiger partial charge on any atom is -0.352 e. The molecule has 0 spiro atoms. The minimum atomic E-state index is -3.74. The van der Waals surface area contributed by atoms with E-state index in [9.17, 15) is 13.2 Å². The van der Waals surface area contributed by atoms with Crippen LogP contribution in [-0.2, 0) is 14.6 Å². The van der Waals surface area contributed by atoms with Crippen molar-refractivity contribution in [1.29, 1.82) is 0 Å². The second-order valence-electron chi connectivity index (χ2n) is 8.75. The molecule has 2 saturated heterocycles. The molecular weight excluding hydrogens is 396 g/mol. The van der Waals surface area contributed by atoms with Gasteiger partial charge in [0.05, 0.1) is 4.90 Å². The van der Waals surface area contributed by atoms with E-state index in [4.69, 9.17) is 0 Å². The normalized spacial score (nSPS) is 28.6. The first-order valence-electron chi connectivity index (χ1n) is 10.2. The van der Waals surface area contributed by atoms with Gasteiger partial charge in [0, 0.05) is 18.1 Å². The molecule has 1 amide bonds. The number of hydrogen-bond acceptors (Lipinski definition) is 4. The largest absolute Gasteiger partial charge is 0.352 e. The third-order valence-corrected chi connectivity index (χ3v) is 9.42.